The molecule has 0 aromatic heterocycles. The third-order valence-corrected chi connectivity index (χ3v) is 5.72. The van der Waals surface area contributed by atoms with Crippen LogP contribution in [-0.4, -0.2) is 77.0 Å². The van der Waals surface area contributed by atoms with Gasteiger partial charge in [0.05, 0.1) is 43.9 Å². The molecule has 0 amide bonds. The van der Waals surface area contributed by atoms with Gasteiger partial charge in [0.15, 0.2) is 5.11 Å². The molecule has 2 N–H and O–H groups in total. The molecule has 0 bridgehead atoms. The van der Waals surface area contributed by atoms with Crippen molar-refractivity contribution in [1.29, 1.82) is 0 Å². The first-order chi connectivity index (χ1) is 13.8. The van der Waals surface area contributed by atoms with Crippen molar-refractivity contribution in [3.8, 4) is 0 Å². The monoisotopic (exact) mass is 406 g/mol. The van der Waals surface area contributed by atoms with Crippen molar-refractivity contribution in [2.75, 3.05) is 80.9 Å². The maximum atomic E-state index is 5.67. The number of nitrogens with zero attached hydrogens (tertiary/aromatic N) is 2. The maximum Gasteiger partial charge on any atom is 0.170 e. The average molecular weight is 407 g/mol. The topological polar surface area (TPSA) is 58.2 Å². The van der Waals surface area contributed by atoms with Crippen LogP contribution >= 0.6 is 12.2 Å². The Morgan fingerprint density at radius 3 is 2.39 bits per heavy atom. The number of morpholine rings is 2. The van der Waals surface area contributed by atoms with E-state index in [1.165, 1.54) is 11.4 Å². The molecule has 3 aliphatic rings. The number of anilines is 3. The first-order valence-corrected chi connectivity index (χ1v) is 10.7. The molecule has 1 atom stereocenters. The average Bonchev–Trinajstić information content (AvgIpc) is 3.28. The molecule has 3 heterocycles. The standard InChI is InChI=1S/C20H30N4O3S/c28-20(21-15-17-2-1-9-27-17)22-18-4-3-16(23-5-10-25-11-6-23)14-19(18)24-7-12-26-13-8-24/h3-4,14,17H,1-2,5-13,15H2,(H2,21,22,28)/t17-/m1/s1. The molecule has 0 spiro atoms. The van der Waals surface area contributed by atoms with E-state index in [2.05, 4.69) is 38.6 Å². The van der Waals surface area contributed by atoms with Crippen molar-refractivity contribution < 1.29 is 14.2 Å². The summed E-state index contributed by atoms with van der Waals surface area (Å²) in [5.41, 5.74) is 3.44. The van der Waals surface area contributed by atoms with Crippen molar-refractivity contribution in [3.05, 3.63) is 18.2 Å². The molecule has 7 nitrogen and oxygen atoms in total. The molecule has 1 aromatic rings. The molecule has 8 heteroatoms. The Morgan fingerprint density at radius 1 is 1.00 bits per heavy atom. The first-order valence-electron chi connectivity index (χ1n) is 10.3. The summed E-state index contributed by atoms with van der Waals surface area (Å²) in [5.74, 6) is 0. The molecule has 0 unspecified atom stereocenters. The third kappa shape index (κ3) is 5.05. The SMILES string of the molecule is S=C(NC[C@H]1CCCO1)Nc1ccc(N2CCOCC2)cc1N1CCOCC1. The summed E-state index contributed by atoms with van der Waals surface area (Å²) >= 11 is 5.54. The summed E-state index contributed by atoms with van der Waals surface area (Å²) in [7, 11) is 0. The Balaban J connectivity index is 1.46. The van der Waals surface area contributed by atoms with Gasteiger partial charge < -0.3 is 34.6 Å². The number of rotatable bonds is 5. The number of nitrogens with one attached hydrogen (secondary N) is 2. The number of ether oxygens (including phenoxy) is 3. The van der Waals surface area contributed by atoms with Crippen LogP contribution in [0.4, 0.5) is 17.1 Å². The number of benzene rings is 1. The van der Waals surface area contributed by atoms with Crippen LogP contribution < -0.4 is 20.4 Å². The van der Waals surface area contributed by atoms with E-state index in [9.17, 15) is 0 Å². The summed E-state index contributed by atoms with van der Waals surface area (Å²) in [4.78, 5) is 4.75. The van der Waals surface area contributed by atoms with Crippen LogP contribution in [0.3, 0.4) is 0 Å². The van der Waals surface area contributed by atoms with Crippen LogP contribution in [0, 0.1) is 0 Å². The zero-order valence-electron chi connectivity index (χ0n) is 16.3. The highest BCUT2D eigenvalue weighted by molar-refractivity contribution is 7.80. The fraction of sp³-hybridized carbons (Fsp3) is 0.650. The van der Waals surface area contributed by atoms with Gasteiger partial charge in [-0.15, -0.1) is 0 Å². The summed E-state index contributed by atoms with van der Waals surface area (Å²) in [6.07, 6.45) is 2.50. The van der Waals surface area contributed by atoms with Gasteiger partial charge >= 0.3 is 0 Å². The van der Waals surface area contributed by atoms with Gasteiger partial charge in [0, 0.05) is 45.0 Å². The molecule has 0 radical (unpaired) electrons. The number of hydrogen-bond donors (Lipinski definition) is 2. The van der Waals surface area contributed by atoms with E-state index >= 15 is 0 Å². The molecule has 154 valence electrons. The van der Waals surface area contributed by atoms with Gasteiger partial charge in [-0.1, -0.05) is 0 Å². The van der Waals surface area contributed by atoms with Gasteiger partial charge in [-0.25, -0.2) is 0 Å². The Bertz CT molecular complexity index is 657. The van der Waals surface area contributed by atoms with Crippen LogP contribution in [-0.2, 0) is 14.2 Å². The molecule has 3 aliphatic heterocycles. The van der Waals surface area contributed by atoms with Gasteiger partial charge in [-0.2, -0.15) is 0 Å². The fourth-order valence-electron chi connectivity index (χ4n) is 3.89. The van der Waals surface area contributed by atoms with E-state index in [1.807, 2.05) is 0 Å². The van der Waals surface area contributed by atoms with Crippen molar-refractivity contribution >= 4 is 34.4 Å². The van der Waals surface area contributed by atoms with Crippen molar-refractivity contribution in [2.24, 2.45) is 0 Å². The highest BCUT2D eigenvalue weighted by Gasteiger charge is 2.20. The minimum absolute atomic E-state index is 0.266. The lowest BCUT2D eigenvalue weighted by molar-refractivity contribution is 0.114. The molecule has 0 aliphatic carbocycles. The van der Waals surface area contributed by atoms with Crippen molar-refractivity contribution in [1.82, 2.24) is 5.32 Å². The predicted octanol–water partition coefficient (Wildman–Crippen LogP) is 1.83. The highest BCUT2D eigenvalue weighted by atomic mass is 32.1. The quantitative estimate of drug-likeness (QED) is 0.719. The van der Waals surface area contributed by atoms with Crippen LogP contribution in [0.15, 0.2) is 18.2 Å². The normalized spacial score (nSPS) is 22.9. The first kappa shape index (κ1) is 19.7. The lowest BCUT2D eigenvalue weighted by Gasteiger charge is -2.34. The van der Waals surface area contributed by atoms with Crippen molar-refractivity contribution in [2.45, 2.75) is 18.9 Å². The molecule has 0 saturated carbocycles. The van der Waals surface area contributed by atoms with Gasteiger partial charge in [-0.05, 0) is 43.3 Å². The predicted molar refractivity (Wildman–Crippen MR) is 116 cm³/mol. The largest absolute Gasteiger partial charge is 0.378 e. The van der Waals surface area contributed by atoms with E-state index in [0.717, 1.165) is 84.3 Å². The number of thiocarbonyl (C=S) groups is 1. The maximum absolute atomic E-state index is 5.67. The lowest BCUT2D eigenvalue weighted by Crippen LogP contribution is -2.39. The van der Waals surface area contributed by atoms with Gasteiger partial charge in [0.2, 0.25) is 0 Å². The van der Waals surface area contributed by atoms with Crippen LogP contribution in [0.1, 0.15) is 12.8 Å². The molecule has 3 fully saturated rings. The second-order valence-corrected chi connectivity index (χ2v) is 7.78. The zero-order valence-corrected chi connectivity index (χ0v) is 17.1. The van der Waals surface area contributed by atoms with E-state index in [-0.39, 0.29) is 6.10 Å². The van der Waals surface area contributed by atoms with E-state index < -0.39 is 0 Å². The molecule has 3 saturated heterocycles. The smallest absolute Gasteiger partial charge is 0.170 e. The molecular weight excluding hydrogens is 376 g/mol. The lowest BCUT2D eigenvalue weighted by atomic mass is 10.2. The molecule has 28 heavy (non-hydrogen) atoms. The minimum Gasteiger partial charge on any atom is -0.378 e. The summed E-state index contributed by atoms with van der Waals surface area (Å²) in [5, 5.41) is 7.35. The highest BCUT2D eigenvalue weighted by Crippen LogP contribution is 2.32. The van der Waals surface area contributed by atoms with Crippen LogP contribution in [0.5, 0.6) is 0 Å². The Morgan fingerprint density at radius 2 is 1.71 bits per heavy atom. The van der Waals surface area contributed by atoms with E-state index in [1.54, 1.807) is 0 Å². The Hall–Kier alpha value is -1.61. The Kier molecular flexibility index (Phi) is 6.85. The van der Waals surface area contributed by atoms with E-state index in [4.69, 9.17) is 26.4 Å². The van der Waals surface area contributed by atoms with Gasteiger partial charge in [0.1, 0.15) is 0 Å². The molecular formula is C20H30N4O3S. The minimum atomic E-state index is 0.266. The van der Waals surface area contributed by atoms with Gasteiger partial charge in [-0.3, -0.25) is 0 Å². The Labute approximate surface area is 172 Å². The zero-order chi connectivity index (χ0) is 19.2. The number of hydrogen-bond acceptors (Lipinski definition) is 6. The molecule has 1 aromatic carbocycles. The second-order valence-electron chi connectivity index (χ2n) is 7.37. The van der Waals surface area contributed by atoms with Crippen LogP contribution in [0.25, 0.3) is 0 Å². The third-order valence-electron chi connectivity index (χ3n) is 5.47. The molecule has 4 rings (SSSR count). The van der Waals surface area contributed by atoms with Crippen LogP contribution in [0.2, 0.25) is 0 Å². The second kappa shape index (κ2) is 9.73. The van der Waals surface area contributed by atoms with Crippen molar-refractivity contribution in [3.63, 3.8) is 0 Å². The summed E-state index contributed by atoms with van der Waals surface area (Å²) < 4.78 is 16.7. The fourth-order valence-corrected chi connectivity index (χ4v) is 4.08. The van der Waals surface area contributed by atoms with Gasteiger partial charge in [0.25, 0.3) is 0 Å². The summed E-state index contributed by atoms with van der Waals surface area (Å²) in [6.45, 7) is 8.31. The van der Waals surface area contributed by atoms with E-state index in [0.29, 0.717) is 5.11 Å². The summed E-state index contributed by atoms with van der Waals surface area (Å²) in [6, 6.07) is 6.57.